The second-order valence-electron chi connectivity index (χ2n) is 8.17. The maximum Gasteiger partial charge on any atom is 0.416 e. The highest BCUT2D eigenvalue weighted by Crippen LogP contribution is 2.33. The van der Waals surface area contributed by atoms with Gasteiger partial charge in [0.2, 0.25) is 0 Å². The van der Waals surface area contributed by atoms with Gasteiger partial charge in [0.15, 0.2) is 0 Å². The van der Waals surface area contributed by atoms with E-state index < -0.39 is 17.6 Å². The van der Waals surface area contributed by atoms with Crippen LogP contribution in [0.1, 0.15) is 44.5 Å². The molecule has 0 radical (unpaired) electrons. The number of anilines is 1. The van der Waals surface area contributed by atoms with Crippen LogP contribution in [-0.2, 0) is 13.0 Å². The third kappa shape index (κ3) is 6.59. The van der Waals surface area contributed by atoms with Crippen molar-refractivity contribution in [3.05, 3.63) is 89.3 Å². The molecule has 0 saturated heterocycles. The van der Waals surface area contributed by atoms with E-state index in [-0.39, 0.29) is 23.5 Å². The lowest BCUT2D eigenvalue weighted by atomic mass is 10.0. The van der Waals surface area contributed by atoms with Gasteiger partial charge in [-0.15, -0.1) is 0 Å². The fraction of sp³-hybridized carbons (Fsp3) is 0.296. The molecule has 1 aliphatic heterocycles. The van der Waals surface area contributed by atoms with E-state index in [1.54, 1.807) is 29.8 Å². The lowest BCUT2D eigenvalue weighted by Crippen LogP contribution is -2.11. The molecule has 0 amide bonds. The number of nitrogen functional groups attached to an aromatic ring is 1. The molecule has 2 heterocycles. The average molecular weight is 490 g/mol. The molecule has 186 valence electrons. The van der Waals surface area contributed by atoms with E-state index in [9.17, 15) is 22.0 Å². The molecular weight excluding hydrogens is 461 g/mol. The molecule has 0 bridgehead atoms. The predicted octanol–water partition coefficient (Wildman–Crippen LogP) is 7.94. The van der Waals surface area contributed by atoms with Crippen molar-refractivity contribution in [2.24, 2.45) is 0 Å². The van der Waals surface area contributed by atoms with Crippen molar-refractivity contribution in [3.63, 3.8) is 0 Å². The minimum Gasteiger partial charge on any atom is -0.398 e. The molecule has 3 aromatic rings. The number of allylic oxidation sites excluding steroid dienone is 6. The van der Waals surface area contributed by atoms with Crippen LogP contribution in [0, 0.1) is 5.82 Å². The molecule has 2 aromatic carbocycles. The monoisotopic (exact) mass is 489 g/mol. The van der Waals surface area contributed by atoms with Gasteiger partial charge >= 0.3 is 6.18 Å². The standard InChI is InChI=1S/C17H20F4N2.C10H8FN/c1-3-7-12(17(19,20)21)10-14(15(18)4-2)16-11-13-8-5-6-9-23(13)22-16;11-8-5-4-7-2-1-3-10(12)9(7)6-8/h4,7,10-11H,3,5-6,8-9H2,1-2H3;1-6H,12H2/b12-7-,14-10+,15-4+;. The summed E-state index contributed by atoms with van der Waals surface area (Å²) in [6.45, 7) is 3.79. The Balaban J connectivity index is 0.000000237. The summed E-state index contributed by atoms with van der Waals surface area (Å²) in [6, 6.07) is 11.8. The number of nitrogens with two attached hydrogens (primary N) is 1. The van der Waals surface area contributed by atoms with E-state index in [0.29, 0.717) is 5.69 Å². The van der Waals surface area contributed by atoms with Crippen LogP contribution in [0.3, 0.4) is 0 Å². The van der Waals surface area contributed by atoms with Gasteiger partial charge in [0, 0.05) is 28.9 Å². The van der Waals surface area contributed by atoms with Gasteiger partial charge in [-0.1, -0.05) is 37.3 Å². The summed E-state index contributed by atoms with van der Waals surface area (Å²) < 4.78 is 68.0. The highest BCUT2D eigenvalue weighted by molar-refractivity contribution is 5.92. The van der Waals surface area contributed by atoms with Gasteiger partial charge in [-0.25, -0.2) is 8.78 Å². The highest BCUT2D eigenvalue weighted by atomic mass is 19.4. The third-order valence-electron chi connectivity index (χ3n) is 5.63. The summed E-state index contributed by atoms with van der Waals surface area (Å²) in [5, 5.41) is 6.03. The number of benzene rings is 2. The van der Waals surface area contributed by atoms with Crippen LogP contribution in [0.4, 0.5) is 27.6 Å². The number of hydrogen-bond donors (Lipinski definition) is 1. The van der Waals surface area contributed by atoms with E-state index >= 15 is 0 Å². The van der Waals surface area contributed by atoms with Gasteiger partial charge in [0.25, 0.3) is 0 Å². The van der Waals surface area contributed by atoms with E-state index in [0.717, 1.165) is 60.5 Å². The number of hydrogen-bond acceptors (Lipinski definition) is 2. The van der Waals surface area contributed by atoms with Crippen LogP contribution in [0.15, 0.2) is 72.1 Å². The van der Waals surface area contributed by atoms with Crippen LogP contribution >= 0.6 is 0 Å². The normalized spacial score (nSPS) is 15.0. The molecule has 1 aliphatic rings. The summed E-state index contributed by atoms with van der Waals surface area (Å²) in [6.07, 6.45) is 1.57. The van der Waals surface area contributed by atoms with Crippen molar-refractivity contribution < 1.29 is 22.0 Å². The van der Waals surface area contributed by atoms with Crippen LogP contribution < -0.4 is 5.73 Å². The summed E-state index contributed by atoms with van der Waals surface area (Å²) in [4.78, 5) is 0. The average Bonchev–Trinajstić information content (AvgIpc) is 3.25. The van der Waals surface area contributed by atoms with Crippen molar-refractivity contribution in [3.8, 4) is 0 Å². The number of fused-ring (bicyclic) bond motifs is 2. The molecule has 8 heteroatoms. The number of aryl methyl sites for hydroxylation is 2. The highest BCUT2D eigenvalue weighted by Gasteiger charge is 2.32. The lowest BCUT2D eigenvalue weighted by molar-refractivity contribution is -0.0883. The van der Waals surface area contributed by atoms with Crippen LogP contribution in [0.25, 0.3) is 16.3 Å². The van der Waals surface area contributed by atoms with Gasteiger partial charge < -0.3 is 5.73 Å². The molecule has 2 N–H and O–H groups in total. The van der Waals surface area contributed by atoms with Crippen molar-refractivity contribution >= 4 is 22.0 Å². The number of nitrogens with zero attached hydrogens (tertiary/aromatic N) is 2. The first-order valence-electron chi connectivity index (χ1n) is 11.5. The van der Waals surface area contributed by atoms with Crippen LogP contribution in [0.5, 0.6) is 0 Å². The zero-order chi connectivity index (χ0) is 25.6. The lowest BCUT2D eigenvalue weighted by Gasteiger charge is -2.12. The van der Waals surface area contributed by atoms with Crippen molar-refractivity contribution in [1.29, 1.82) is 0 Å². The topological polar surface area (TPSA) is 43.8 Å². The summed E-state index contributed by atoms with van der Waals surface area (Å²) in [5.74, 6) is -0.952. The molecule has 0 aliphatic carbocycles. The maximum absolute atomic E-state index is 14.2. The third-order valence-corrected chi connectivity index (χ3v) is 5.63. The maximum atomic E-state index is 14.2. The Hall–Kier alpha value is -3.42. The summed E-state index contributed by atoms with van der Waals surface area (Å²) in [5.41, 5.74) is 6.50. The fourth-order valence-corrected chi connectivity index (χ4v) is 3.87. The summed E-state index contributed by atoms with van der Waals surface area (Å²) in [7, 11) is 0. The predicted molar refractivity (Wildman–Crippen MR) is 131 cm³/mol. The number of halogens is 5. The molecule has 0 saturated carbocycles. The second kappa shape index (κ2) is 11.3. The number of aromatic nitrogens is 2. The van der Waals surface area contributed by atoms with Gasteiger partial charge in [0.05, 0.1) is 11.3 Å². The molecule has 35 heavy (non-hydrogen) atoms. The van der Waals surface area contributed by atoms with Gasteiger partial charge in [-0.2, -0.15) is 18.3 Å². The molecule has 0 spiro atoms. The first-order valence-corrected chi connectivity index (χ1v) is 11.5. The minimum atomic E-state index is -4.52. The Labute approximate surface area is 201 Å². The Morgan fingerprint density at radius 2 is 1.91 bits per heavy atom. The summed E-state index contributed by atoms with van der Waals surface area (Å²) >= 11 is 0. The Morgan fingerprint density at radius 1 is 1.14 bits per heavy atom. The first-order chi connectivity index (χ1) is 16.6. The van der Waals surface area contributed by atoms with Gasteiger partial charge in [0.1, 0.15) is 11.6 Å². The first kappa shape index (κ1) is 26.2. The quantitative estimate of drug-likeness (QED) is 0.230. The SMILES string of the molecule is C\C=C(F)/C(=C\C(=C\CC)C(F)(F)F)c1cc2n(n1)CCCC2.Nc1cccc2ccc(F)cc12. The van der Waals surface area contributed by atoms with E-state index in [2.05, 4.69) is 5.10 Å². The van der Waals surface area contributed by atoms with Crippen molar-refractivity contribution in [1.82, 2.24) is 9.78 Å². The smallest absolute Gasteiger partial charge is 0.398 e. The largest absolute Gasteiger partial charge is 0.416 e. The van der Waals surface area contributed by atoms with Gasteiger partial charge in [-0.3, -0.25) is 4.68 Å². The molecule has 4 rings (SSSR count). The van der Waals surface area contributed by atoms with Crippen molar-refractivity contribution in [2.75, 3.05) is 5.73 Å². The van der Waals surface area contributed by atoms with E-state index in [1.165, 1.54) is 19.1 Å². The number of rotatable bonds is 4. The van der Waals surface area contributed by atoms with Gasteiger partial charge in [-0.05, 0) is 68.3 Å². The van der Waals surface area contributed by atoms with E-state index in [4.69, 9.17) is 5.73 Å². The fourth-order valence-electron chi connectivity index (χ4n) is 3.87. The Bertz CT molecular complexity index is 1240. The number of alkyl halides is 3. The zero-order valence-corrected chi connectivity index (χ0v) is 19.7. The van der Waals surface area contributed by atoms with Crippen LogP contribution in [-0.4, -0.2) is 16.0 Å². The molecule has 1 aromatic heterocycles. The molecule has 0 unspecified atom stereocenters. The second-order valence-corrected chi connectivity index (χ2v) is 8.17. The van der Waals surface area contributed by atoms with Crippen molar-refractivity contribution in [2.45, 2.75) is 52.3 Å². The minimum absolute atomic E-state index is 0.119. The Morgan fingerprint density at radius 3 is 2.57 bits per heavy atom. The van der Waals surface area contributed by atoms with Crippen LogP contribution in [0.2, 0.25) is 0 Å². The molecule has 3 nitrogen and oxygen atoms in total. The molecular formula is C27H28F5N3. The molecule has 0 fully saturated rings. The molecule has 0 atom stereocenters. The van der Waals surface area contributed by atoms with E-state index in [1.807, 2.05) is 12.1 Å². The zero-order valence-electron chi connectivity index (χ0n) is 19.7. The Kier molecular flexibility index (Phi) is 8.48.